The number of hydrogen-bond acceptors (Lipinski definition) is 5. The Morgan fingerprint density at radius 1 is 1.37 bits per heavy atom. The molecule has 108 valence electrons. The van der Waals surface area contributed by atoms with Crippen molar-refractivity contribution in [1.29, 1.82) is 0 Å². The molecule has 0 aliphatic heterocycles. The number of nitrogen functional groups attached to an aromatic ring is 1. The lowest BCUT2D eigenvalue weighted by Gasteiger charge is -2.27. The van der Waals surface area contributed by atoms with Crippen LogP contribution in [0.3, 0.4) is 0 Å². The van der Waals surface area contributed by atoms with Gasteiger partial charge in [0.05, 0.1) is 5.54 Å². The molecule has 1 heterocycles. The molecule has 0 aliphatic carbocycles. The van der Waals surface area contributed by atoms with Gasteiger partial charge in [0.15, 0.2) is 5.13 Å². The molecule has 1 aromatic rings. The van der Waals surface area contributed by atoms with E-state index in [4.69, 9.17) is 5.73 Å². The molecule has 0 fully saturated rings. The first-order valence-electron chi connectivity index (χ1n) is 6.34. The lowest BCUT2D eigenvalue weighted by molar-refractivity contribution is -0.126. The number of thiazole rings is 1. The smallest absolute Gasteiger partial charge is 0.239 e. The highest BCUT2D eigenvalue weighted by Crippen LogP contribution is 2.16. The van der Waals surface area contributed by atoms with Crippen molar-refractivity contribution < 1.29 is 4.79 Å². The predicted octanol–water partition coefficient (Wildman–Crippen LogP) is 1.76. The Morgan fingerprint density at radius 3 is 2.47 bits per heavy atom. The third-order valence-corrected chi connectivity index (χ3v) is 3.45. The Kier molecular flexibility index (Phi) is 4.92. The van der Waals surface area contributed by atoms with Gasteiger partial charge in [-0.2, -0.15) is 0 Å². The molecule has 0 unspecified atom stereocenters. The fourth-order valence-electron chi connectivity index (χ4n) is 1.36. The number of nitrogens with two attached hydrogens (primary N) is 1. The maximum Gasteiger partial charge on any atom is 0.239 e. The normalized spacial score (nSPS) is 12.5. The third-order valence-electron chi connectivity index (χ3n) is 2.62. The molecule has 1 amide bonds. The molecule has 1 aromatic heterocycles. The first-order valence-corrected chi connectivity index (χ1v) is 7.15. The minimum atomic E-state index is -0.621. The Hall–Kier alpha value is -1.14. The Balaban J connectivity index is 2.48. The number of rotatable bonds is 5. The maximum atomic E-state index is 12.1. The summed E-state index contributed by atoms with van der Waals surface area (Å²) < 4.78 is 0. The zero-order valence-corrected chi connectivity index (χ0v) is 13.1. The van der Waals surface area contributed by atoms with Crippen molar-refractivity contribution in [1.82, 2.24) is 15.6 Å². The number of aromatic nitrogens is 1. The minimum absolute atomic E-state index is 0.0000813. The van der Waals surface area contributed by atoms with Gasteiger partial charge in [0.1, 0.15) is 0 Å². The summed E-state index contributed by atoms with van der Waals surface area (Å²) in [5, 5.41) is 6.74. The van der Waals surface area contributed by atoms with E-state index in [0.717, 1.165) is 4.88 Å². The van der Waals surface area contributed by atoms with Crippen LogP contribution in [-0.2, 0) is 11.3 Å². The van der Waals surface area contributed by atoms with Gasteiger partial charge in [-0.15, -0.1) is 11.3 Å². The van der Waals surface area contributed by atoms with E-state index in [1.54, 1.807) is 6.20 Å². The van der Waals surface area contributed by atoms with Crippen LogP contribution in [0.15, 0.2) is 6.20 Å². The molecule has 0 bridgehead atoms. The molecule has 0 saturated heterocycles. The van der Waals surface area contributed by atoms with E-state index in [9.17, 15) is 4.79 Å². The van der Waals surface area contributed by atoms with Crippen LogP contribution in [0.25, 0.3) is 0 Å². The summed E-state index contributed by atoms with van der Waals surface area (Å²) in [6.07, 6.45) is 1.73. The zero-order valence-electron chi connectivity index (χ0n) is 12.3. The summed E-state index contributed by atoms with van der Waals surface area (Å²) in [4.78, 5) is 17.1. The van der Waals surface area contributed by atoms with Crippen LogP contribution >= 0.6 is 11.3 Å². The van der Waals surface area contributed by atoms with Crippen LogP contribution in [0.1, 0.15) is 39.5 Å². The maximum absolute atomic E-state index is 12.1. The largest absolute Gasteiger partial charge is 0.375 e. The molecule has 19 heavy (non-hydrogen) atoms. The summed E-state index contributed by atoms with van der Waals surface area (Å²) in [7, 11) is 0. The molecular weight excluding hydrogens is 260 g/mol. The number of amides is 1. The molecule has 0 spiro atoms. The topological polar surface area (TPSA) is 80.0 Å². The van der Waals surface area contributed by atoms with Crippen molar-refractivity contribution in [3.8, 4) is 0 Å². The number of hydrogen-bond donors (Lipinski definition) is 3. The van der Waals surface area contributed by atoms with E-state index < -0.39 is 5.54 Å². The van der Waals surface area contributed by atoms with Gasteiger partial charge in [-0.3, -0.25) is 10.1 Å². The molecule has 0 aliphatic rings. The third kappa shape index (κ3) is 5.57. The fraction of sp³-hybridized carbons (Fsp3) is 0.692. The van der Waals surface area contributed by atoms with Crippen LogP contribution in [0.4, 0.5) is 5.13 Å². The second-order valence-corrected chi connectivity index (χ2v) is 7.53. The second kappa shape index (κ2) is 5.88. The molecule has 6 heteroatoms. The minimum Gasteiger partial charge on any atom is -0.375 e. The highest BCUT2D eigenvalue weighted by molar-refractivity contribution is 7.15. The van der Waals surface area contributed by atoms with E-state index in [1.807, 2.05) is 13.8 Å². The monoisotopic (exact) mass is 284 g/mol. The van der Waals surface area contributed by atoms with Crippen LogP contribution < -0.4 is 16.4 Å². The first-order chi connectivity index (χ1) is 8.60. The van der Waals surface area contributed by atoms with E-state index in [-0.39, 0.29) is 11.3 Å². The van der Waals surface area contributed by atoms with Crippen molar-refractivity contribution >= 4 is 22.4 Å². The quantitative estimate of drug-likeness (QED) is 0.769. The van der Waals surface area contributed by atoms with Crippen molar-refractivity contribution in [2.75, 3.05) is 12.3 Å². The molecule has 0 saturated carbocycles. The molecule has 0 radical (unpaired) electrons. The average molecular weight is 284 g/mol. The first kappa shape index (κ1) is 15.9. The SMILES string of the molecule is CC(C)(C)CNC(=O)C(C)(C)NCc1cnc(N)s1. The lowest BCUT2D eigenvalue weighted by atomic mass is 9.96. The van der Waals surface area contributed by atoms with Crippen LogP contribution in [0.2, 0.25) is 0 Å². The molecule has 1 rings (SSSR count). The van der Waals surface area contributed by atoms with Gasteiger partial charge >= 0.3 is 0 Å². The fourth-order valence-corrected chi connectivity index (χ4v) is 1.98. The van der Waals surface area contributed by atoms with Crippen LogP contribution in [0, 0.1) is 5.41 Å². The van der Waals surface area contributed by atoms with E-state index in [2.05, 4.69) is 36.4 Å². The van der Waals surface area contributed by atoms with Crippen molar-refractivity contribution in [3.05, 3.63) is 11.1 Å². The number of nitrogens with zero attached hydrogens (tertiary/aromatic N) is 1. The van der Waals surface area contributed by atoms with E-state index in [1.165, 1.54) is 11.3 Å². The summed E-state index contributed by atoms with van der Waals surface area (Å²) in [5.74, 6) is -0.0000813. The van der Waals surface area contributed by atoms with Gasteiger partial charge in [0.2, 0.25) is 5.91 Å². The summed E-state index contributed by atoms with van der Waals surface area (Å²) in [6, 6.07) is 0. The summed E-state index contributed by atoms with van der Waals surface area (Å²) >= 11 is 1.43. The molecule has 4 N–H and O–H groups in total. The number of carbonyl (C=O) groups excluding carboxylic acids is 1. The second-order valence-electron chi connectivity index (χ2n) is 6.39. The zero-order chi connectivity index (χ0) is 14.7. The van der Waals surface area contributed by atoms with Crippen molar-refractivity contribution in [2.45, 2.75) is 46.7 Å². The number of nitrogens with one attached hydrogen (secondary N) is 2. The van der Waals surface area contributed by atoms with Gasteiger partial charge in [0, 0.05) is 24.2 Å². The van der Waals surface area contributed by atoms with Gasteiger partial charge < -0.3 is 11.1 Å². The lowest BCUT2D eigenvalue weighted by Crippen LogP contribution is -2.53. The van der Waals surface area contributed by atoms with Crippen molar-refractivity contribution in [3.63, 3.8) is 0 Å². The summed E-state index contributed by atoms with van der Waals surface area (Å²) in [5.41, 5.74) is 5.03. The highest BCUT2D eigenvalue weighted by atomic mass is 32.1. The standard InChI is InChI=1S/C13H24N4OS/c1-12(2,3)8-16-10(18)13(4,5)17-7-9-6-15-11(14)19-9/h6,17H,7-8H2,1-5H3,(H2,14,15)(H,16,18). The van der Waals surface area contributed by atoms with Gasteiger partial charge in [-0.1, -0.05) is 20.8 Å². The molecule has 0 aromatic carbocycles. The highest BCUT2D eigenvalue weighted by Gasteiger charge is 2.27. The van der Waals surface area contributed by atoms with Crippen LogP contribution in [-0.4, -0.2) is 23.0 Å². The number of anilines is 1. The molecular formula is C13H24N4OS. The van der Waals surface area contributed by atoms with Crippen molar-refractivity contribution in [2.24, 2.45) is 5.41 Å². The van der Waals surface area contributed by atoms with Gasteiger partial charge in [-0.25, -0.2) is 4.98 Å². The number of carbonyl (C=O) groups is 1. The molecule has 0 atom stereocenters. The van der Waals surface area contributed by atoms with E-state index in [0.29, 0.717) is 18.2 Å². The van der Waals surface area contributed by atoms with Crippen LogP contribution in [0.5, 0.6) is 0 Å². The molecule has 5 nitrogen and oxygen atoms in total. The van der Waals surface area contributed by atoms with Gasteiger partial charge in [-0.05, 0) is 19.3 Å². The Morgan fingerprint density at radius 2 is 2.00 bits per heavy atom. The Bertz CT molecular complexity index is 434. The predicted molar refractivity (Wildman–Crippen MR) is 79.9 cm³/mol. The summed E-state index contributed by atoms with van der Waals surface area (Å²) in [6.45, 7) is 11.3. The average Bonchev–Trinajstić information content (AvgIpc) is 2.68. The van der Waals surface area contributed by atoms with E-state index >= 15 is 0 Å². The Labute approximate surface area is 119 Å². The van der Waals surface area contributed by atoms with Gasteiger partial charge in [0.25, 0.3) is 0 Å².